The fraction of sp³-hybridized carbons (Fsp3) is 0.875. The highest BCUT2D eigenvalue weighted by Gasteiger charge is 2.11. The van der Waals surface area contributed by atoms with Crippen LogP contribution in [0.15, 0.2) is 0 Å². The highest BCUT2D eigenvalue weighted by Crippen LogP contribution is 1.88. The molecule has 0 aromatic heterocycles. The molecule has 13 heavy (non-hydrogen) atoms. The summed E-state index contributed by atoms with van der Waals surface area (Å²) in [5.41, 5.74) is 5.53. The molecule has 0 heterocycles. The van der Waals surface area contributed by atoms with Crippen LogP contribution in [0.3, 0.4) is 0 Å². The molecule has 0 fully saturated rings. The van der Waals surface area contributed by atoms with Gasteiger partial charge in [-0.3, -0.25) is 4.79 Å². The Hall–Kier alpha value is -0.650. The topological polar surface area (TPSA) is 84.6 Å². The van der Waals surface area contributed by atoms with E-state index in [0.717, 1.165) is 0 Å². The van der Waals surface area contributed by atoms with E-state index >= 15 is 0 Å². The molecule has 0 aliphatic carbocycles. The number of carbonyl (C=O) groups excluding carboxylic acids is 1. The zero-order valence-corrected chi connectivity index (χ0v) is 7.95. The van der Waals surface area contributed by atoms with Gasteiger partial charge in [0.15, 0.2) is 0 Å². The lowest BCUT2D eigenvalue weighted by molar-refractivity contribution is -0.122. The fourth-order valence-corrected chi connectivity index (χ4v) is 0.798. The maximum absolute atomic E-state index is 11.2. The van der Waals surface area contributed by atoms with Crippen molar-refractivity contribution in [1.29, 1.82) is 0 Å². The molecule has 0 saturated carbocycles. The number of methoxy groups -OCH3 is 1. The normalized spacial score (nSPS) is 12.5. The molecule has 0 radical (unpaired) electrons. The molecule has 0 saturated heterocycles. The molecule has 0 rings (SSSR count). The highest BCUT2D eigenvalue weighted by atomic mass is 16.5. The lowest BCUT2D eigenvalue weighted by Gasteiger charge is -2.10. The maximum atomic E-state index is 11.2. The molecular formula is C8H18N2O3. The van der Waals surface area contributed by atoms with Gasteiger partial charge in [0.05, 0.1) is 6.04 Å². The van der Waals surface area contributed by atoms with Crippen LogP contribution in [0.1, 0.15) is 12.8 Å². The Morgan fingerprint density at radius 3 is 2.92 bits per heavy atom. The van der Waals surface area contributed by atoms with Gasteiger partial charge < -0.3 is 20.9 Å². The van der Waals surface area contributed by atoms with Crippen molar-refractivity contribution in [2.24, 2.45) is 5.73 Å². The number of ether oxygens (including phenoxy) is 1. The highest BCUT2D eigenvalue weighted by molar-refractivity contribution is 5.81. The number of hydrogen-bond donors (Lipinski definition) is 3. The van der Waals surface area contributed by atoms with Crippen LogP contribution >= 0.6 is 0 Å². The Balaban J connectivity index is 3.45. The Bertz CT molecular complexity index is 141. The molecule has 0 aliphatic heterocycles. The molecule has 0 aromatic carbocycles. The first-order chi connectivity index (χ1) is 6.22. The largest absolute Gasteiger partial charge is 0.396 e. The average Bonchev–Trinajstić information content (AvgIpc) is 2.14. The Labute approximate surface area is 78.3 Å². The van der Waals surface area contributed by atoms with Crippen molar-refractivity contribution in [1.82, 2.24) is 5.32 Å². The maximum Gasteiger partial charge on any atom is 0.237 e. The third-order valence-corrected chi connectivity index (χ3v) is 1.60. The molecule has 0 aliphatic rings. The van der Waals surface area contributed by atoms with Gasteiger partial charge in [-0.25, -0.2) is 0 Å². The first-order valence-corrected chi connectivity index (χ1v) is 4.35. The van der Waals surface area contributed by atoms with E-state index in [2.05, 4.69) is 5.32 Å². The second-order valence-electron chi connectivity index (χ2n) is 2.76. The van der Waals surface area contributed by atoms with Crippen LogP contribution in [0, 0.1) is 0 Å². The van der Waals surface area contributed by atoms with Gasteiger partial charge in [-0.2, -0.15) is 0 Å². The zero-order valence-electron chi connectivity index (χ0n) is 7.95. The number of hydrogen-bond acceptors (Lipinski definition) is 4. The van der Waals surface area contributed by atoms with Crippen LogP contribution in [0.25, 0.3) is 0 Å². The summed E-state index contributed by atoms with van der Waals surface area (Å²) in [6.45, 7) is 1.03. The molecule has 1 atom stereocenters. The van der Waals surface area contributed by atoms with Crippen molar-refractivity contribution in [3.63, 3.8) is 0 Å². The lowest BCUT2D eigenvalue weighted by Crippen LogP contribution is -2.41. The van der Waals surface area contributed by atoms with Crippen molar-refractivity contribution in [3.05, 3.63) is 0 Å². The molecule has 5 heteroatoms. The van der Waals surface area contributed by atoms with E-state index in [9.17, 15) is 4.79 Å². The van der Waals surface area contributed by atoms with Gasteiger partial charge in [0.25, 0.3) is 0 Å². The number of rotatable bonds is 7. The summed E-state index contributed by atoms with van der Waals surface area (Å²) >= 11 is 0. The summed E-state index contributed by atoms with van der Waals surface area (Å²) in [5, 5.41) is 11.1. The number of aliphatic hydroxyl groups excluding tert-OH is 1. The number of aliphatic hydroxyl groups is 1. The van der Waals surface area contributed by atoms with Crippen molar-refractivity contribution in [2.75, 3.05) is 26.9 Å². The standard InChI is InChI=1S/C8H18N2O3/c1-13-6-3-7(9)8(12)10-4-2-5-11/h7,11H,2-6,9H2,1H3,(H,10,12). The van der Waals surface area contributed by atoms with E-state index in [0.29, 0.717) is 26.0 Å². The molecule has 5 nitrogen and oxygen atoms in total. The first kappa shape index (κ1) is 12.3. The van der Waals surface area contributed by atoms with Crippen molar-refractivity contribution in [2.45, 2.75) is 18.9 Å². The summed E-state index contributed by atoms with van der Waals surface area (Å²) in [7, 11) is 1.57. The summed E-state index contributed by atoms with van der Waals surface area (Å²) in [6.07, 6.45) is 1.07. The van der Waals surface area contributed by atoms with E-state index in [1.165, 1.54) is 0 Å². The van der Waals surface area contributed by atoms with Crippen LogP contribution in [0.2, 0.25) is 0 Å². The Kier molecular flexibility index (Phi) is 7.57. The van der Waals surface area contributed by atoms with E-state index in [4.69, 9.17) is 15.6 Å². The molecule has 4 N–H and O–H groups in total. The summed E-state index contributed by atoms with van der Waals surface area (Å²) in [6, 6.07) is -0.515. The predicted molar refractivity (Wildman–Crippen MR) is 49.2 cm³/mol. The summed E-state index contributed by atoms with van der Waals surface area (Å²) < 4.78 is 4.79. The minimum atomic E-state index is -0.515. The molecule has 0 spiro atoms. The lowest BCUT2D eigenvalue weighted by atomic mass is 10.2. The van der Waals surface area contributed by atoms with E-state index in [1.807, 2.05) is 0 Å². The second-order valence-corrected chi connectivity index (χ2v) is 2.76. The van der Waals surface area contributed by atoms with Gasteiger partial charge in [-0.1, -0.05) is 0 Å². The molecule has 1 unspecified atom stereocenters. The Morgan fingerprint density at radius 2 is 2.38 bits per heavy atom. The van der Waals surface area contributed by atoms with E-state index in [1.54, 1.807) is 7.11 Å². The number of carbonyl (C=O) groups is 1. The van der Waals surface area contributed by atoms with Gasteiger partial charge in [0.1, 0.15) is 0 Å². The van der Waals surface area contributed by atoms with Crippen molar-refractivity contribution in [3.8, 4) is 0 Å². The van der Waals surface area contributed by atoms with Crippen LogP contribution in [0.5, 0.6) is 0 Å². The summed E-state index contributed by atoms with van der Waals surface area (Å²) in [5.74, 6) is -0.189. The van der Waals surface area contributed by atoms with E-state index < -0.39 is 6.04 Å². The fourth-order valence-electron chi connectivity index (χ4n) is 0.798. The van der Waals surface area contributed by atoms with Crippen LogP contribution in [-0.4, -0.2) is 43.9 Å². The van der Waals surface area contributed by atoms with Gasteiger partial charge in [-0.15, -0.1) is 0 Å². The smallest absolute Gasteiger partial charge is 0.237 e. The number of amides is 1. The predicted octanol–water partition coefficient (Wildman–Crippen LogP) is -1.15. The van der Waals surface area contributed by atoms with Crippen LogP contribution < -0.4 is 11.1 Å². The minimum Gasteiger partial charge on any atom is -0.396 e. The zero-order chi connectivity index (χ0) is 10.1. The van der Waals surface area contributed by atoms with Crippen LogP contribution in [-0.2, 0) is 9.53 Å². The Morgan fingerprint density at radius 1 is 1.69 bits per heavy atom. The molecule has 0 bridgehead atoms. The monoisotopic (exact) mass is 190 g/mol. The quantitative estimate of drug-likeness (QED) is 0.442. The van der Waals surface area contributed by atoms with Gasteiger partial charge in [0, 0.05) is 26.9 Å². The van der Waals surface area contributed by atoms with E-state index in [-0.39, 0.29) is 12.5 Å². The molecular weight excluding hydrogens is 172 g/mol. The molecule has 78 valence electrons. The second kappa shape index (κ2) is 7.97. The molecule has 0 aromatic rings. The van der Waals surface area contributed by atoms with Crippen LogP contribution in [0.4, 0.5) is 0 Å². The first-order valence-electron chi connectivity index (χ1n) is 4.35. The molecule has 1 amide bonds. The van der Waals surface area contributed by atoms with Gasteiger partial charge in [-0.05, 0) is 12.8 Å². The minimum absolute atomic E-state index is 0.0770. The third-order valence-electron chi connectivity index (χ3n) is 1.60. The number of nitrogens with one attached hydrogen (secondary N) is 1. The van der Waals surface area contributed by atoms with Crippen molar-refractivity contribution < 1.29 is 14.6 Å². The van der Waals surface area contributed by atoms with Gasteiger partial charge >= 0.3 is 0 Å². The van der Waals surface area contributed by atoms with Gasteiger partial charge in [0.2, 0.25) is 5.91 Å². The number of nitrogens with two attached hydrogens (primary N) is 1. The average molecular weight is 190 g/mol. The van der Waals surface area contributed by atoms with Crippen molar-refractivity contribution >= 4 is 5.91 Å². The SMILES string of the molecule is COCCC(N)C(=O)NCCCO. The summed E-state index contributed by atoms with van der Waals surface area (Å²) in [4.78, 5) is 11.2. The third kappa shape index (κ3) is 6.51.